The summed E-state index contributed by atoms with van der Waals surface area (Å²) in [7, 11) is 0. The molecule has 0 radical (unpaired) electrons. The number of aromatic nitrogens is 3. The molecule has 11 rings (SSSR count). The van der Waals surface area contributed by atoms with E-state index in [0.29, 0.717) is 17.5 Å². The van der Waals surface area contributed by atoms with Crippen molar-refractivity contribution in [2.75, 3.05) is 0 Å². The number of hydrogen-bond acceptors (Lipinski definition) is 5. The van der Waals surface area contributed by atoms with E-state index in [2.05, 4.69) is 84.9 Å². The second-order valence-corrected chi connectivity index (χ2v) is 13.1. The normalized spacial score (nSPS) is 15.3. The number of ether oxygens (including phenoxy) is 1. The summed E-state index contributed by atoms with van der Waals surface area (Å²) in [5.74, 6) is 3.28. The van der Waals surface area contributed by atoms with Gasteiger partial charge in [0.2, 0.25) is 0 Å². The van der Waals surface area contributed by atoms with Gasteiger partial charge >= 0.3 is 0 Å². The zero-order valence-electron chi connectivity index (χ0n) is 27.2. The molecule has 1 unspecified atom stereocenters. The molecule has 3 heterocycles. The molecule has 1 atom stereocenters. The minimum absolute atomic E-state index is 0.549. The summed E-state index contributed by atoms with van der Waals surface area (Å²) in [6.07, 6.45) is 0. The van der Waals surface area contributed by atoms with Gasteiger partial charge in [0.15, 0.2) is 17.5 Å². The van der Waals surface area contributed by atoms with Crippen LogP contribution in [-0.4, -0.2) is 15.0 Å². The van der Waals surface area contributed by atoms with Crippen LogP contribution in [0.3, 0.4) is 0 Å². The van der Waals surface area contributed by atoms with Gasteiger partial charge in [-0.05, 0) is 52.6 Å². The molecular weight excluding hydrogens is 627 g/mol. The Morgan fingerprint density at radius 1 is 0.392 bits per heavy atom. The first-order valence-electron chi connectivity index (χ1n) is 17.1. The first-order valence-corrected chi connectivity index (χ1v) is 17.1. The van der Waals surface area contributed by atoms with Crippen LogP contribution in [0.25, 0.3) is 67.2 Å². The van der Waals surface area contributed by atoms with E-state index in [1.54, 1.807) is 0 Å². The van der Waals surface area contributed by atoms with Crippen LogP contribution >= 0.6 is 0 Å². The number of rotatable bonds is 3. The lowest BCUT2D eigenvalue weighted by molar-refractivity contribution is 0.437. The lowest BCUT2D eigenvalue weighted by atomic mass is 9.65. The van der Waals surface area contributed by atoms with Crippen molar-refractivity contribution in [2.24, 2.45) is 0 Å². The van der Waals surface area contributed by atoms with Crippen molar-refractivity contribution in [1.29, 1.82) is 0 Å². The topological polar surface area (TPSA) is 61.0 Å². The van der Waals surface area contributed by atoms with Gasteiger partial charge in [-0.2, -0.15) is 0 Å². The van der Waals surface area contributed by atoms with Crippen LogP contribution in [0.2, 0.25) is 0 Å². The van der Waals surface area contributed by atoms with Crippen LogP contribution in [0.15, 0.2) is 168 Å². The molecule has 0 saturated heterocycles. The Labute approximate surface area is 293 Å². The van der Waals surface area contributed by atoms with Gasteiger partial charge in [0, 0.05) is 33.0 Å². The minimum Gasteiger partial charge on any atom is -0.456 e. The van der Waals surface area contributed by atoms with E-state index in [0.717, 1.165) is 66.8 Å². The minimum atomic E-state index is -0.684. The molecule has 0 saturated carbocycles. The third kappa shape index (κ3) is 3.94. The van der Waals surface area contributed by atoms with Crippen LogP contribution in [0, 0.1) is 0 Å². The third-order valence-corrected chi connectivity index (χ3v) is 10.4. The SMILES string of the molecule is c1ccc(-c2nc(-c3ccccc3)nc(-c3cccc4c3Oc3ccccc3C43c4ccccc4-c4cc5c(cc43)oc3ccccc35)n2)cc1. The highest BCUT2D eigenvalue weighted by molar-refractivity contribution is 6.08. The maximum Gasteiger partial charge on any atom is 0.167 e. The van der Waals surface area contributed by atoms with E-state index in [4.69, 9.17) is 24.1 Å². The van der Waals surface area contributed by atoms with Gasteiger partial charge in [0.1, 0.15) is 22.7 Å². The van der Waals surface area contributed by atoms with Gasteiger partial charge in [-0.1, -0.05) is 133 Å². The molecule has 0 fully saturated rings. The molecule has 1 aliphatic carbocycles. The standard InChI is InChI=1S/C46H27N3O2/c1-3-14-28(15-4-1)43-47-44(29-16-5-2-6-17-29)49-45(48-43)32-20-13-23-37-42(32)51-40-25-12-10-22-36(40)46(37)35-21-9-7-18-30(35)33-26-34-31-19-8-11-24-39(31)50-41(34)27-38(33)46/h1-27H. The van der Waals surface area contributed by atoms with E-state index in [-0.39, 0.29) is 0 Å². The van der Waals surface area contributed by atoms with Crippen molar-refractivity contribution in [3.05, 3.63) is 186 Å². The highest BCUT2D eigenvalue weighted by Crippen LogP contribution is 2.63. The quantitative estimate of drug-likeness (QED) is 0.190. The van der Waals surface area contributed by atoms with Gasteiger partial charge in [0.25, 0.3) is 0 Å². The van der Waals surface area contributed by atoms with Gasteiger partial charge in [-0.15, -0.1) is 0 Å². The number of furan rings is 1. The van der Waals surface area contributed by atoms with Crippen LogP contribution in [-0.2, 0) is 5.41 Å². The third-order valence-electron chi connectivity index (χ3n) is 10.4. The molecule has 9 aromatic rings. The first-order chi connectivity index (χ1) is 25.3. The number of para-hydroxylation sites is 3. The van der Waals surface area contributed by atoms with Gasteiger partial charge in [0.05, 0.1) is 11.0 Å². The van der Waals surface area contributed by atoms with Gasteiger partial charge in [-0.3, -0.25) is 0 Å². The van der Waals surface area contributed by atoms with Crippen LogP contribution in [0.5, 0.6) is 11.5 Å². The Hall–Kier alpha value is -6.85. The monoisotopic (exact) mass is 653 g/mol. The number of fused-ring (bicyclic) bond motifs is 12. The molecule has 238 valence electrons. The smallest absolute Gasteiger partial charge is 0.167 e. The van der Waals surface area contributed by atoms with Crippen molar-refractivity contribution < 1.29 is 9.15 Å². The molecule has 2 aromatic heterocycles. The summed E-state index contributed by atoms with van der Waals surface area (Å²) in [5, 5.41) is 2.22. The van der Waals surface area contributed by atoms with Crippen LogP contribution < -0.4 is 4.74 Å². The van der Waals surface area contributed by atoms with Crippen molar-refractivity contribution in [3.63, 3.8) is 0 Å². The number of benzene rings is 7. The van der Waals surface area contributed by atoms with Crippen molar-refractivity contribution in [3.8, 4) is 56.8 Å². The zero-order valence-corrected chi connectivity index (χ0v) is 27.2. The zero-order chi connectivity index (χ0) is 33.5. The summed E-state index contributed by atoms with van der Waals surface area (Å²) in [6.45, 7) is 0. The van der Waals surface area contributed by atoms with E-state index in [1.807, 2.05) is 78.9 Å². The molecule has 5 nitrogen and oxygen atoms in total. The molecule has 1 aliphatic heterocycles. The fourth-order valence-corrected chi connectivity index (χ4v) is 8.24. The Balaban J connectivity index is 1.22. The lowest BCUT2D eigenvalue weighted by Crippen LogP contribution is -2.32. The molecule has 1 spiro atoms. The van der Waals surface area contributed by atoms with E-state index >= 15 is 0 Å². The largest absolute Gasteiger partial charge is 0.456 e. The number of hydrogen-bond donors (Lipinski definition) is 0. The maximum absolute atomic E-state index is 6.98. The Kier molecular flexibility index (Phi) is 5.81. The molecule has 5 heteroatoms. The predicted molar refractivity (Wildman–Crippen MR) is 201 cm³/mol. The molecule has 51 heavy (non-hydrogen) atoms. The fourth-order valence-electron chi connectivity index (χ4n) is 8.24. The summed E-state index contributed by atoms with van der Waals surface area (Å²) in [6, 6.07) is 56.5. The molecular formula is C46H27N3O2. The summed E-state index contributed by atoms with van der Waals surface area (Å²) < 4.78 is 13.5. The predicted octanol–water partition coefficient (Wildman–Crippen LogP) is 11.2. The maximum atomic E-state index is 6.98. The van der Waals surface area contributed by atoms with Crippen molar-refractivity contribution >= 4 is 21.9 Å². The second kappa shape index (κ2) is 10.6. The average Bonchev–Trinajstić information content (AvgIpc) is 3.70. The Bertz CT molecular complexity index is 2790. The second-order valence-electron chi connectivity index (χ2n) is 13.1. The Morgan fingerprint density at radius 3 is 1.78 bits per heavy atom. The summed E-state index contributed by atoms with van der Waals surface area (Å²) >= 11 is 0. The summed E-state index contributed by atoms with van der Waals surface area (Å²) in [5.41, 5.74) is 10.6. The average molecular weight is 654 g/mol. The first kappa shape index (κ1) is 28.0. The van der Waals surface area contributed by atoms with Crippen molar-refractivity contribution in [2.45, 2.75) is 5.41 Å². The number of nitrogens with zero attached hydrogens (tertiary/aromatic N) is 3. The molecule has 7 aromatic carbocycles. The van der Waals surface area contributed by atoms with E-state index in [1.165, 1.54) is 16.7 Å². The highest BCUT2D eigenvalue weighted by Gasteiger charge is 2.52. The Morgan fingerprint density at radius 2 is 1.00 bits per heavy atom. The lowest BCUT2D eigenvalue weighted by Gasteiger charge is -2.39. The molecule has 0 bridgehead atoms. The highest BCUT2D eigenvalue weighted by atomic mass is 16.5. The molecule has 0 amide bonds. The van der Waals surface area contributed by atoms with Gasteiger partial charge in [-0.25, -0.2) is 15.0 Å². The molecule has 2 aliphatic rings. The summed E-state index contributed by atoms with van der Waals surface area (Å²) in [4.78, 5) is 15.2. The van der Waals surface area contributed by atoms with Crippen LogP contribution in [0.1, 0.15) is 22.3 Å². The molecule has 0 N–H and O–H groups in total. The van der Waals surface area contributed by atoms with E-state index in [9.17, 15) is 0 Å². The van der Waals surface area contributed by atoms with Crippen molar-refractivity contribution in [1.82, 2.24) is 15.0 Å². The fraction of sp³-hybridized carbons (Fsp3) is 0.0217. The van der Waals surface area contributed by atoms with Gasteiger partial charge < -0.3 is 9.15 Å². The van der Waals surface area contributed by atoms with E-state index < -0.39 is 5.41 Å². The van der Waals surface area contributed by atoms with Crippen LogP contribution in [0.4, 0.5) is 0 Å².